The third kappa shape index (κ3) is 3.12. The molecule has 4 heteroatoms. The Morgan fingerprint density at radius 1 is 1.56 bits per heavy atom. The molecule has 3 nitrogen and oxygen atoms in total. The van der Waals surface area contributed by atoms with Gasteiger partial charge in [0, 0.05) is 13.1 Å². The first-order valence-electron chi connectivity index (χ1n) is 6.49. The Morgan fingerprint density at radius 3 is 2.94 bits per heavy atom. The first-order chi connectivity index (χ1) is 8.52. The molecule has 0 radical (unpaired) electrons. The summed E-state index contributed by atoms with van der Waals surface area (Å²) in [6.45, 7) is 6.11. The smallest absolute Gasteiger partial charge is 0.240 e. The summed E-state index contributed by atoms with van der Waals surface area (Å²) in [6, 6.07) is 2.06. The van der Waals surface area contributed by atoms with E-state index in [9.17, 15) is 4.79 Å². The summed E-state index contributed by atoms with van der Waals surface area (Å²) in [4.78, 5) is 14.5. The van der Waals surface area contributed by atoms with Gasteiger partial charge in [-0.2, -0.15) is 11.3 Å². The second-order valence-electron chi connectivity index (χ2n) is 5.85. The highest BCUT2D eigenvalue weighted by atomic mass is 32.1. The maximum atomic E-state index is 12.5. The Balaban J connectivity index is 2.12. The van der Waals surface area contributed by atoms with Crippen LogP contribution in [0.1, 0.15) is 32.3 Å². The second-order valence-corrected chi connectivity index (χ2v) is 6.63. The Hall–Kier alpha value is -0.870. The average Bonchev–Trinajstić information content (AvgIpc) is 2.79. The lowest BCUT2D eigenvalue weighted by atomic mass is 9.83. The summed E-state index contributed by atoms with van der Waals surface area (Å²) in [7, 11) is 1.88. The fourth-order valence-corrected chi connectivity index (χ4v) is 3.16. The standard InChI is InChI=1S/C14H22N2OS/c1-14(2)5-6-16(9-11-4-7-18-10-11)13(17)12(8-14)15-3/h4,7,10,12,15H,5-6,8-9H2,1-3H3. The van der Waals surface area contributed by atoms with Crippen molar-refractivity contribution in [3.05, 3.63) is 22.4 Å². The van der Waals surface area contributed by atoms with Gasteiger partial charge in [-0.3, -0.25) is 4.79 Å². The summed E-state index contributed by atoms with van der Waals surface area (Å²) >= 11 is 1.69. The molecule has 1 saturated heterocycles. The van der Waals surface area contributed by atoms with Crippen molar-refractivity contribution in [3.8, 4) is 0 Å². The van der Waals surface area contributed by atoms with Gasteiger partial charge in [-0.15, -0.1) is 0 Å². The molecule has 0 bridgehead atoms. The minimum atomic E-state index is -0.0406. The van der Waals surface area contributed by atoms with Gasteiger partial charge in [-0.25, -0.2) is 0 Å². The fraction of sp³-hybridized carbons (Fsp3) is 0.643. The molecule has 1 fully saturated rings. The minimum absolute atomic E-state index is 0.0406. The average molecular weight is 266 g/mol. The van der Waals surface area contributed by atoms with Crippen LogP contribution >= 0.6 is 11.3 Å². The number of carbonyl (C=O) groups is 1. The first-order valence-corrected chi connectivity index (χ1v) is 7.43. The SMILES string of the molecule is CNC1CC(C)(C)CCN(Cc2ccsc2)C1=O. The van der Waals surface area contributed by atoms with Gasteiger partial charge in [0.05, 0.1) is 6.04 Å². The van der Waals surface area contributed by atoms with Gasteiger partial charge in [0.1, 0.15) is 0 Å². The Morgan fingerprint density at radius 2 is 2.33 bits per heavy atom. The number of hydrogen-bond donors (Lipinski definition) is 1. The van der Waals surface area contributed by atoms with Crippen LogP contribution < -0.4 is 5.32 Å². The number of nitrogens with one attached hydrogen (secondary N) is 1. The van der Waals surface area contributed by atoms with E-state index < -0.39 is 0 Å². The number of nitrogens with zero attached hydrogens (tertiary/aromatic N) is 1. The van der Waals surface area contributed by atoms with Crippen LogP contribution in [-0.4, -0.2) is 30.4 Å². The minimum Gasteiger partial charge on any atom is -0.337 e. The molecule has 1 aromatic heterocycles. The van der Waals surface area contributed by atoms with Gasteiger partial charge in [-0.1, -0.05) is 13.8 Å². The van der Waals surface area contributed by atoms with Crippen molar-refractivity contribution in [2.45, 2.75) is 39.3 Å². The largest absolute Gasteiger partial charge is 0.337 e. The molecule has 0 spiro atoms. The zero-order valence-corrected chi connectivity index (χ0v) is 12.2. The number of rotatable bonds is 3. The Bertz CT molecular complexity index is 400. The molecule has 18 heavy (non-hydrogen) atoms. The number of likely N-dealkylation sites (N-methyl/N-ethyl adjacent to an activating group) is 1. The topological polar surface area (TPSA) is 32.3 Å². The highest BCUT2D eigenvalue weighted by Gasteiger charge is 2.34. The van der Waals surface area contributed by atoms with Gasteiger partial charge < -0.3 is 10.2 Å². The molecule has 1 aliphatic rings. The first kappa shape index (κ1) is 13.6. The second kappa shape index (κ2) is 5.41. The molecule has 0 aromatic carbocycles. The Labute approximate surface area is 113 Å². The number of amides is 1. The molecular formula is C14H22N2OS. The van der Waals surface area contributed by atoms with Crippen LogP contribution in [-0.2, 0) is 11.3 Å². The lowest BCUT2D eigenvalue weighted by molar-refractivity contribution is -0.133. The highest BCUT2D eigenvalue weighted by Crippen LogP contribution is 2.31. The van der Waals surface area contributed by atoms with Crippen LogP contribution in [0.5, 0.6) is 0 Å². The zero-order chi connectivity index (χ0) is 13.2. The van der Waals surface area contributed by atoms with Crippen molar-refractivity contribution in [1.82, 2.24) is 10.2 Å². The van der Waals surface area contributed by atoms with E-state index in [0.717, 1.165) is 25.9 Å². The quantitative estimate of drug-likeness (QED) is 0.911. The van der Waals surface area contributed by atoms with Crippen LogP contribution in [0.3, 0.4) is 0 Å². The maximum Gasteiger partial charge on any atom is 0.240 e. The molecule has 1 atom stereocenters. The van der Waals surface area contributed by atoms with Crippen molar-refractivity contribution in [2.24, 2.45) is 5.41 Å². The van der Waals surface area contributed by atoms with Crippen LogP contribution in [0.15, 0.2) is 16.8 Å². The number of hydrogen-bond acceptors (Lipinski definition) is 3. The summed E-state index contributed by atoms with van der Waals surface area (Å²) < 4.78 is 0. The Kier molecular flexibility index (Phi) is 4.07. The van der Waals surface area contributed by atoms with Gasteiger partial charge >= 0.3 is 0 Å². The summed E-state index contributed by atoms with van der Waals surface area (Å²) in [5.74, 6) is 0.245. The lowest BCUT2D eigenvalue weighted by Gasteiger charge is -2.24. The maximum absolute atomic E-state index is 12.5. The zero-order valence-electron chi connectivity index (χ0n) is 11.4. The van der Waals surface area contributed by atoms with E-state index in [4.69, 9.17) is 0 Å². The van der Waals surface area contributed by atoms with Gasteiger partial charge in [-0.05, 0) is 47.7 Å². The van der Waals surface area contributed by atoms with Gasteiger partial charge in [0.25, 0.3) is 0 Å². The molecule has 1 unspecified atom stereocenters. The van der Waals surface area contributed by atoms with E-state index in [0.29, 0.717) is 0 Å². The third-order valence-corrected chi connectivity index (χ3v) is 4.46. The van der Waals surface area contributed by atoms with Gasteiger partial charge in [0.15, 0.2) is 0 Å². The summed E-state index contributed by atoms with van der Waals surface area (Å²) in [5, 5.41) is 7.36. The normalized spacial score (nSPS) is 24.1. The summed E-state index contributed by atoms with van der Waals surface area (Å²) in [5.41, 5.74) is 1.47. The van der Waals surface area contributed by atoms with Crippen molar-refractivity contribution in [3.63, 3.8) is 0 Å². The van der Waals surface area contributed by atoms with E-state index >= 15 is 0 Å². The predicted molar refractivity (Wildman–Crippen MR) is 75.6 cm³/mol. The summed E-state index contributed by atoms with van der Waals surface area (Å²) in [6.07, 6.45) is 1.99. The molecule has 0 saturated carbocycles. The van der Waals surface area contributed by atoms with Crippen LogP contribution in [0.4, 0.5) is 0 Å². The van der Waals surface area contributed by atoms with Crippen molar-refractivity contribution >= 4 is 17.2 Å². The van der Waals surface area contributed by atoms with Crippen LogP contribution in [0.25, 0.3) is 0 Å². The molecule has 1 aliphatic heterocycles. The monoisotopic (exact) mass is 266 g/mol. The third-order valence-electron chi connectivity index (χ3n) is 3.73. The molecule has 2 rings (SSSR count). The van der Waals surface area contributed by atoms with E-state index in [1.54, 1.807) is 11.3 Å². The van der Waals surface area contributed by atoms with Crippen molar-refractivity contribution in [2.75, 3.05) is 13.6 Å². The molecular weight excluding hydrogens is 244 g/mol. The van der Waals surface area contributed by atoms with E-state index in [1.807, 2.05) is 11.9 Å². The molecule has 1 amide bonds. The van der Waals surface area contributed by atoms with E-state index in [2.05, 4.69) is 36.0 Å². The molecule has 0 aliphatic carbocycles. The number of carbonyl (C=O) groups excluding carboxylic acids is 1. The molecule has 100 valence electrons. The van der Waals surface area contributed by atoms with E-state index in [1.165, 1.54) is 5.56 Å². The lowest BCUT2D eigenvalue weighted by Crippen LogP contribution is -2.44. The molecule has 2 heterocycles. The van der Waals surface area contributed by atoms with Crippen LogP contribution in [0, 0.1) is 5.41 Å². The number of thiophene rings is 1. The molecule has 1 aromatic rings. The highest BCUT2D eigenvalue weighted by molar-refractivity contribution is 7.07. The molecule has 1 N–H and O–H groups in total. The van der Waals surface area contributed by atoms with E-state index in [-0.39, 0.29) is 17.4 Å². The van der Waals surface area contributed by atoms with Crippen LogP contribution in [0.2, 0.25) is 0 Å². The predicted octanol–water partition coefficient (Wildman–Crippen LogP) is 2.48. The van der Waals surface area contributed by atoms with Crippen molar-refractivity contribution < 1.29 is 4.79 Å². The van der Waals surface area contributed by atoms with Crippen molar-refractivity contribution in [1.29, 1.82) is 0 Å². The number of likely N-dealkylation sites (tertiary alicyclic amines) is 1. The fourth-order valence-electron chi connectivity index (χ4n) is 2.50. The van der Waals surface area contributed by atoms with Gasteiger partial charge in [0.2, 0.25) is 5.91 Å².